The highest BCUT2D eigenvalue weighted by Crippen LogP contribution is 2.23. The van der Waals surface area contributed by atoms with Crippen LogP contribution in [0.1, 0.15) is 35.4 Å². The molecule has 1 amide bonds. The average molecular weight is 299 g/mol. The molecule has 0 radical (unpaired) electrons. The van der Waals surface area contributed by atoms with Gasteiger partial charge < -0.3 is 20.7 Å². The Morgan fingerprint density at radius 2 is 2.35 bits per heavy atom. The summed E-state index contributed by atoms with van der Waals surface area (Å²) in [4.78, 5) is 19.1. The first-order valence-corrected chi connectivity index (χ1v) is 7.38. The third-order valence-corrected chi connectivity index (χ3v) is 3.65. The second kappa shape index (κ2) is 6.25. The first-order chi connectivity index (χ1) is 9.47. The fourth-order valence-corrected chi connectivity index (χ4v) is 2.52. The summed E-state index contributed by atoms with van der Waals surface area (Å²) in [6.45, 7) is 0. The molecule has 0 spiro atoms. The molecule has 110 valence electrons. The van der Waals surface area contributed by atoms with Crippen molar-refractivity contribution in [1.82, 2.24) is 9.97 Å². The van der Waals surface area contributed by atoms with Crippen molar-refractivity contribution in [3.63, 3.8) is 0 Å². The summed E-state index contributed by atoms with van der Waals surface area (Å²) in [5.74, 6) is -0.826. The Balaban J connectivity index is 2.26. The Morgan fingerprint density at radius 1 is 1.60 bits per heavy atom. The monoisotopic (exact) mass is 299 g/mol. The van der Waals surface area contributed by atoms with Crippen LogP contribution in [0.2, 0.25) is 0 Å². The van der Waals surface area contributed by atoms with Crippen molar-refractivity contribution < 1.29 is 18.7 Å². The van der Waals surface area contributed by atoms with Crippen LogP contribution in [0.15, 0.2) is 6.20 Å². The smallest absolute Gasteiger partial charge is 0.254 e. The number of nitrogens with zero attached hydrogens (tertiary/aromatic N) is 2. The third kappa shape index (κ3) is 3.50. The number of nitrogens with one attached hydrogen (secondary N) is 1. The van der Waals surface area contributed by atoms with E-state index in [4.69, 9.17) is 5.73 Å². The molecule has 1 aliphatic carbocycles. The van der Waals surface area contributed by atoms with Crippen LogP contribution in [0.3, 0.4) is 0 Å². The maximum atomic E-state index is 11.3. The van der Waals surface area contributed by atoms with Gasteiger partial charge in [0.2, 0.25) is 0 Å². The van der Waals surface area contributed by atoms with Crippen LogP contribution in [0.4, 0.5) is 5.82 Å². The topological polar surface area (TPSA) is 141 Å². The largest absolute Gasteiger partial charge is 0.772 e. The van der Waals surface area contributed by atoms with E-state index in [0.717, 1.165) is 12.8 Å². The zero-order valence-electron chi connectivity index (χ0n) is 10.6. The standard InChI is InChI=1S/C11H16N4O4S/c12-10(17)6-4-13-9(5-20(18)19)15-11(6)14-7-2-1-3-8(7)16/h4,7-8,16H,1-3,5H2,(H2,12,17)(H,18,19)(H,13,14,15)/p-1/t7-,8-/m0/s1. The van der Waals surface area contributed by atoms with E-state index < -0.39 is 23.1 Å². The molecule has 0 saturated heterocycles. The lowest BCUT2D eigenvalue weighted by molar-refractivity contribution is 0.1000. The summed E-state index contributed by atoms with van der Waals surface area (Å²) in [5, 5.41) is 12.7. The summed E-state index contributed by atoms with van der Waals surface area (Å²) in [5.41, 5.74) is 5.31. The number of carbonyl (C=O) groups is 1. The summed E-state index contributed by atoms with van der Waals surface area (Å²) in [6.07, 6.45) is 2.95. The zero-order valence-corrected chi connectivity index (χ0v) is 11.4. The van der Waals surface area contributed by atoms with Gasteiger partial charge in [-0.2, -0.15) is 0 Å². The van der Waals surface area contributed by atoms with Gasteiger partial charge in [-0.05, 0) is 30.3 Å². The number of rotatable bonds is 5. The maximum Gasteiger partial charge on any atom is 0.254 e. The van der Waals surface area contributed by atoms with E-state index in [2.05, 4.69) is 15.3 Å². The molecule has 1 aromatic rings. The molecule has 1 saturated carbocycles. The molecule has 1 fully saturated rings. The molecule has 8 nitrogen and oxygen atoms in total. The van der Waals surface area contributed by atoms with Gasteiger partial charge in [0.1, 0.15) is 11.6 Å². The van der Waals surface area contributed by atoms with Crippen molar-refractivity contribution in [1.29, 1.82) is 0 Å². The van der Waals surface area contributed by atoms with Crippen LogP contribution in [0.5, 0.6) is 0 Å². The molecule has 20 heavy (non-hydrogen) atoms. The maximum absolute atomic E-state index is 11.3. The molecule has 9 heteroatoms. The highest BCUT2D eigenvalue weighted by Gasteiger charge is 2.26. The predicted molar refractivity (Wildman–Crippen MR) is 70.4 cm³/mol. The Bertz CT molecular complexity index is 539. The molecule has 1 aliphatic rings. The van der Waals surface area contributed by atoms with Crippen molar-refractivity contribution in [2.75, 3.05) is 5.32 Å². The Labute approximate surface area is 118 Å². The molecule has 0 bridgehead atoms. The van der Waals surface area contributed by atoms with Crippen molar-refractivity contribution >= 4 is 22.8 Å². The second-order valence-corrected chi connectivity index (χ2v) is 5.51. The van der Waals surface area contributed by atoms with Crippen LogP contribution in [0.25, 0.3) is 0 Å². The number of nitrogens with two attached hydrogens (primary N) is 1. The van der Waals surface area contributed by atoms with E-state index in [-0.39, 0.29) is 29.0 Å². The second-order valence-electron chi connectivity index (χ2n) is 4.61. The first-order valence-electron chi connectivity index (χ1n) is 6.13. The lowest BCUT2D eigenvalue weighted by Gasteiger charge is -2.19. The molecular weight excluding hydrogens is 284 g/mol. The fraction of sp³-hybridized carbons (Fsp3) is 0.545. The Hall–Kier alpha value is -1.58. The van der Waals surface area contributed by atoms with Crippen LogP contribution in [0, 0.1) is 0 Å². The number of hydrogen-bond donors (Lipinski definition) is 3. The molecule has 3 atom stereocenters. The number of aliphatic hydroxyl groups excluding tert-OH is 1. The summed E-state index contributed by atoms with van der Waals surface area (Å²) < 4.78 is 21.3. The van der Waals surface area contributed by atoms with Crippen LogP contribution in [-0.2, 0) is 16.8 Å². The average Bonchev–Trinajstić information content (AvgIpc) is 2.74. The van der Waals surface area contributed by atoms with Crippen LogP contribution >= 0.6 is 0 Å². The van der Waals surface area contributed by atoms with Gasteiger partial charge in [-0.15, -0.1) is 0 Å². The SMILES string of the molecule is NC(=O)c1cnc(CS(=O)[O-])nc1N[C@H]1CCC[C@@H]1O. The van der Waals surface area contributed by atoms with E-state index in [0.29, 0.717) is 6.42 Å². The highest BCUT2D eigenvalue weighted by molar-refractivity contribution is 7.78. The van der Waals surface area contributed by atoms with Gasteiger partial charge >= 0.3 is 0 Å². The molecule has 1 aromatic heterocycles. The lowest BCUT2D eigenvalue weighted by Crippen LogP contribution is -2.30. The van der Waals surface area contributed by atoms with E-state index >= 15 is 0 Å². The van der Waals surface area contributed by atoms with Crippen molar-refractivity contribution in [3.8, 4) is 0 Å². The van der Waals surface area contributed by atoms with Gasteiger partial charge in [0.25, 0.3) is 5.91 Å². The van der Waals surface area contributed by atoms with Gasteiger partial charge in [0.05, 0.1) is 23.5 Å². The Morgan fingerprint density at radius 3 is 2.90 bits per heavy atom. The lowest BCUT2D eigenvalue weighted by atomic mass is 10.2. The van der Waals surface area contributed by atoms with Gasteiger partial charge in [0.15, 0.2) is 0 Å². The highest BCUT2D eigenvalue weighted by atomic mass is 32.2. The number of anilines is 1. The first kappa shape index (κ1) is 14.8. The van der Waals surface area contributed by atoms with E-state index in [1.165, 1.54) is 6.20 Å². The van der Waals surface area contributed by atoms with Crippen LogP contribution < -0.4 is 11.1 Å². The summed E-state index contributed by atoms with van der Waals surface area (Å²) in [6, 6.07) is -0.228. The quantitative estimate of drug-likeness (QED) is 0.609. The minimum absolute atomic E-state index is 0.0679. The zero-order chi connectivity index (χ0) is 14.7. The fourth-order valence-electron chi connectivity index (χ4n) is 2.17. The van der Waals surface area contributed by atoms with Gasteiger partial charge in [-0.3, -0.25) is 9.00 Å². The van der Waals surface area contributed by atoms with E-state index in [9.17, 15) is 18.7 Å². The summed E-state index contributed by atoms with van der Waals surface area (Å²) >= 11 is -2.32. The molecule has 0 aliphatic heterocycles. The molecule has 4 N–H and O–H groups in total. The minimum Gasteiger partial charge on any atom is -0.772 e. The molecular formula is C11H15N4O4S-. The number of carbonyl (C=O) groups excluding carboxylic acids is 1. The molecule has 2 rings (SSSR count). The minimum atomic E-state index is -2.32. The van der Waals surface area contributed by atoms with Gasteiger partial charge in [-0.25, -0.2) is 9.97 Å². The number of primary amides is 1. The third-order valence-electron chi connectivity index (χ3n) is 3.15. The number of hydrogen-bond acceptors (Lipinski definition) is 7. The Kier molecular flexibility index (Phi) is 4.63. The molecule has 1 heterocycles. The summed E-state index contributed by atoms with van der Waals surface area (Å²) in [7, 11) is 0. The number of aliphatic hydroxyl groups is 1. The van der Waals surface area contributed by atoms with E-state index in [1.54, 1.807) is 0 Å². The van der Waals surface area contributed by atoms with Crippen molar-refractivity contribution in [2.45, 2.75) is 37.2 Å². The predicted octanol–water partition coefficient (Wildman–Crippen LogP) is -0.720. The normalized spacial score (nSPS) is 23.5. The number of amides is 1. The van der Waals surface area contributed by atoms with Crippen LogP contribution in [-0.4, -0.2) is 41.9 Å². The number of aromatic nitrogens is 2. The van der Waals surface area contributed by atoms with Crippen molar-refractivity contribution in [3.05, 3.63) is 17.6 Å². The molecule has 0 aromatic carbocycles. The van der Waals surface area contributed by atoms with Gasteiger partial charge in [-0.1, -0.05) is 0 Å². The van der Waals surface area contributed by atoms with Gasteiger partial charge in [0, 0.05) is 6.20 Å². The van der Waals surface area contributed by atoms with E-state index in [1.807, 2.05) is 0 Å². The molecule has 1 unspecified atom stereocenters. The van der Waals surface area contributed by atoms with Crippen molar-refractivity contribution in [2.24, 2.45) is 5.73 Å².